The van der Waals surface area contributed by atoms with Crippen LogP contribution in [0.25, 0.3) is 0 Å². The van der Waals surface area contributed by atoms with Crippen LogP contribution in [-0.2, 0) is 4.79 Å². The van der Waals surface area contributed by atoms with E-state index in [-0.39, 0.29) is 0 Å². The van der Waals surface area contributed by atoms with E-state index in [0.29, 0.717) is 24.5 Å². The maximum absolute atomic E-state index is 12.1. The van der Waals surface area contributed by atoms with Crippen molar-refractivity contribution in [3.8, 4) is 11.5 Å². The smallest absolute Gasteiger partial charge is 0.231 e. The molecule has 106 valence electrons. The van der Waals surface area contributed by atoms with E-state index in [1.807, 2.05) is 11.0 Å². The van der Waals surface area contributed by atoms with Crippen LogP contribution >= 0.6 is 0 Å². The van der Waals surface area contributed by atoms with Crippen LogP contribution < -0.4 is 9.47 Å². The molecule has 4 rings (SSSR count). The first kappa shape index (κ1) is 12.1. The molecule has 4 heteroatoms. The van der Waals surface area contributed by atoms with Gasteiger partial charge in [-0.1, -0.05) is 6.07 Å². The molecule has 1 aromatic carbocycles. The zero-order valence-corrected chi connectivity index (χ0v) is 11.5. The zero-order chi connectivity index (χ0) is 13.5. The Labute approximate surface area is 118 Å². The molecular formula is C16H19NO3. The highest BCUT2D eigenvalue weighted by Crippen LogP contribution is 2.38. The molecule has 1 aromatic rings. The number of amides is 1. The van der Waals surface area contributed by atoms with E-state index in [9.17, 15) is 4.79 Å². The number of carbonyl (C=O) groups excluding carboxylic acids is 1. The molecule has 1 atom stereocenters. The van der Waals surface area contributed by atoms with Crippen LogP contribution in [0.2, 0.25) is 0 Å². The van der Waals surface area contributed by atoms with E-state index < -0.39 is 0 Å². The Balaban J connectivity index is 1.43. The van der Waals surface area contributed by atoms with Crippen LogP contribution in [-0.4, -0.2) is 30.7 Å². The minimum absolute atomic E-state index is 0.315. The van der Waals surface area contributed by atoms with Crippen LogP contribution in [0.15, 0.2) is 18.2 Å². The average Bonchev–Trinajstić information content (AvgIpc) is 2.96. The molecule has 1 saturated heterocycles. The first-order chi connectivity index (χ1) is 9.79. The molecule has 0 aromatic heterocycles. The number of hydrogen-bond donors (Lipinski definition) is 0. The Morgan fingerprint density at radius 1 is 1.20 bits per heavy atom. The van der Waals surface area contributed by atoms with Gasteiger partial charge in [0.15, 0.2) is 11.5 Å². The van der Waals surface area contributed by atoms with Gasteiger partial charge in [-0.25, -0.2) is 0 Å². The van der Waals surface area contributed by atoms with Gasteiger partial charge in [0.1, 0.15) is 0 Å². The second-order valence-corrected chi connectivity index (χ2v) is 6.09. The molecule has 1 amide bonds. The molecule has 0 radical (unpaired) electrons. The highest BCUT2D eigenvalue weighted by Gasteiger charge is 2.32. The summed E-state index contributed by atoms with van der Waals surface area (Å²) in [5.74, 6) is 3.12. The lowest BCUT2D eigenvalue weighted by molar-refractivity contribution is -0.130. The Bertz CT molecular complexity index is 539. The van der Waals surface area contributed by atoms with Crippen molar-refractivity contribution in [3.63, 3.8) is 0 Å². The van der Waals surface area contributed by atoms with Crippen molar-refractivity contribution in [3.05, 3.63) is 23.8 Å². The lowest BCUT2D eigenvalue weighted by Crippen LogP contribution is -2.28. The average molecular weight is 273 g/mol. The minimum atomic E-state index is 0.315. The van der Waals surface area contributed by atoms with Crippen molar-refractivity contribution in [2.24, 2.45) is 5.92 Å². The third-order valence-electron chi connectivity index (χ3n) is 4.57. The molecule has 2 aliphatic heterocycles. The number of benzene rings is 1. The van der Waals surface area contributed by atoms with Gasteiger partial charge >= 0.3 is 0 Å². The SMILES string of the molecule is O=C(CC1CC1)N1CCC(c2ccc3c(c2)OCO3)C1. The van der Waals surface area contributed by atoms with Gasteiger partial charge in [-0.3, -0.25) is 4.79 Å². The summed E-state index contributed by atoms with van der Waals surface area (Å²) >= 11 is 0. The molecule has 3 aliphatic rings. The Morgan fingerprint density at radius 3 is 2.90 bits per heavy atom. The summed E-state index contributed by atoms with van der Waals surface area (Å²) < 4.78 is 10.8. The molecule has 0 bridgehead atoms. The maximum Gasteiger partial charge on any atom is 0.231 e. The number of hydrogen-bond acceptors (Lipinski definition) is 3. The summed E-state index contributed by atoms with van der Waals surface area (Å²) in [6.45, 7) is 2.06. The van der Waals surface area contributed by atoms with E-state index in [1.54, 1.807) is 0 Å². The summed E-state index contributed by atoms with van der Waals surface area (Å²) in [4.78, 5) is 14.2. The van der Waals surface area contributed by atoms with E-state index in [1.165, 1.54) is 18.4 Å². The predicted octanol–water partition coefficient (Wildman–Crippen LogP) is 2.53. The van der Waals surface area contributed by atoms with Crippen molar-refractivity contribution in [1.29, 1.82) is 0 Å². The first-order valence-corrected chi connectivity index (χ1v) is 7.47. The van der Waals surface area contributed by atoms with Crippen LogP contribution in [0.1, 0.15) is 37.2 Å². The van der Waals surface area contributed by atoms with Crippen molar-refractivity contribution in [1.82, 2.24) is 4.90 Å². The van der Waals surface area contributed by atoms with Crippen LogP contribution in [0.4, 0.5) is 0 Å². The number of nitrogens with zero attached hydrogens (tertiary/aromatic N) is 1. The fraction of sp³-hybridized carbons (Fsp3) is 0.562. The highest BCUT2D eigenvalue weighted by molar-refractivity contribution is 5.77. The summed E-state index contributed by atoms with van der Waals surface area (Å²) in [5, 5.41) is 0. The molecule has 0 N–H and O–H groups in total. The van der Waals surface area contributed by atoms with Gasteiger partial charge in [0.2, 0.25) is 12.7 Å². The van der Waals surface area contributed by atoms with Crippen LogP contribution in [0, 0.1) is 5.92 Å². The van der Waals surface area contributed by atoms with Crippen molar-refractivity contribution < 1.29 is 14.3 Å². The third-order valence-corrected chi connectivity index (χ3v) is 4.57. The molecule has 1 unspecified atom stereocenters. The fourth-order valence-corrected chi connectivity index (χ4v) is 3.12. The Morgan fingerprint density at radius 2 is 2.05 bits per heavy atom. The molecule has 1 saturated carbocycles. The monoisotopic (exact) mass is 273 g/mol. The van der Waals surface area contributed by atoms with Crippen molar-refractivity contribution in [2.45, 2.75) is 31.6 Å². The van der Waals surface area contributed by atoms with E-state index in [2.05, 4.69) is 12.1 Å². The van der Waals surface area contributed by atoms with E-state index >= 15 is 0 Å². The molecule has 4 nitrogen and oxygen atoms in total. The van der Waals surface area contributed by atoms with Gasteiger partial charge in [0.05, 0.1) is 0 Å². The Hall–Kier alpha value is -1.71. The standard InChI is InChI=1S/C16H19NO3/c18-16(7-11-1-2-11)17-6-5-13(9-17)12-3-4-14-15(8-12)20-10-19-14/h3-4,8,11,13H,1-2,5-7,9-10H2. The second-order valence-electron chi connectivity index (χ2n) is 6.09. The molecule has 2 heterocycles. The molecule has 1 aliphatic carbocycles. The van der Waals surface area contributed by atoms with E-state index in [4.69, 9.17) is 9.47 Å². The Kier molecular flexibility index (Phi) is 2.83. The molecule has 2 fully saturated rings. The minimum Gasteiger partial charge on any atom is -0.454 e. The van der Waals surface area contributed by atoms with E-state index in [0.717, 1.165) is 37.4 Å². The highest BCUT2D eigenvalue weighted by atomic mass is 16.7. The number of likely N-dealkylation sites (tertiary alicyclic amines) is 1. The summed E-state index contributed by atoms with van der Waals surface area (Å²) in [5.41, 5.74) is 1.26. The fourth-order valence-electron chi connectivity index (χ4n) is 3.12. The number of rotatable bonds is 3. The number of fused-ring (bicyclic) bond motifs is 1. The first-order valence-electron chi connectivity index (χ1n) is 7.47. The largest absolute Gasteiger partial charge is 0.454 e. The summed E-state index contributed by atoms with van der Waals surface area (Å²) in [6.07, 6.45) is 4.29. The lowest BCUT2D eigenvalue weighted by atomic mass is 9.98. The molecular weight excluding hydrogens is 254 g/mol. The van der Waals surface area contributed by atoms with Crippen LogP contribution in [0.5, 0.6) is 11.5 Å². The quantitative estimate of drug-likeness (QED) is 0.849. The van der Waals surface area contributed by atoms with Crippen molar-refractivity contribution >= 4 is 5.91 Å². The van der Waals surface area contributed by atoms with Gasteiger partial charge < -0.3 is 14.4 Å². The third kappa shape index (κ3) is 2.23. The second kappa shape index (κ2) is 4.69. The van der Waals surface area contributed by atoms with Crippen LogP contribution in [0.3, 0.4) is 0 Å². The summed E-state index contributed by atoms with van der Waals surface area (Å²) in [6, 6.07) is 6.15. The number of carbonyl (C=O) groups is 1. The molecule has 0 spiro atoms. The maximum atomic E-state index is 12.1. The van der Waals surface area contributed by atoms with Crippen molar-refractivity contribution in [2.75, 3.05) is 19.9 Å². The lowest BCUT2D eigenvalue weighted by Gasteiger charge is -2.16. The van der Waals surface area contributed by atoms with Gasteiger partial charge in [0.25, 0.3) is 0 Å². The normalized spacial score (nSPS) is 24.2. The topological polar surface area (TPSA) is 38.8 Å². The summed E-state index contributed by atoms with van der Waals surface area (Å²) in [7, 11) is 0. The van der Waals surface area contributed by atoms with Gasteiger partial charge in [-0.15, -0.1) is 0 Å². The zero-order valence-electron chi connectivity index (χ0n) is 11.5. The predicted molar refractivity (Wildman–Crippen MR) is 73.8 cm³/mol. The van der Waals surface area contributed by atoms with Gasteiger partial charge in [0, 0.05) is 25.4 Å². The van der Waals surface area contributed by atoms with Gasteiger partial charge in [-0.05, 0) is 42.9 Å². The van der Waals surface area contributed by atoms with Gasteiger partial charge in [-0.2, -0.15) is 0 Å². The molecule has 20 heavy (non-hydrogen) atoms. The number of ether oxygens (including phenoxy) is 2.